The second-order valence-electron chi connectivity index (χ2n) is 9.72. The highest BCUT2D eigenvalue weighted by Gasteiger charge is 2.42. The summed E-state index contributed by atoms with van der Waals surface area (Å²) < 4.78 is 44.6. The first-order chi connectivity index (χ1) is 18.2. The molecule has 5 rings (SSSR count). The van der Waals surface area contributed by atoms with Crippen LogP contribution < -0.4 is 4.74 Å². The Labute approximate surface area is 218 Å². The molecule has 0 saturated carbocycles. The van der Waals surface area contributed by atoms with Gasteiger partial charge >= 0.3 is 5.92 Å². The molecule has 8 nitrogen and oxygen atoms in total. The lowest BCUT2D eigenvalue weighted by Crippen LogP contribution is -2.26. The number of nitrogens with zero attached hydrogens (tertiary/aromatic N) is 4. The number of halogens is 2. The fraction of sp³-hybridized carbons (Fsp3) is 0.393. The van der Waals surface area contributed by atoms with Gasteiger partial charge in [0.1, 0.15) is 22.7 Å². The number of carbonyl (C=O) groups excluding carboxylic acids is 1. The second-order valence-corrected chi connectivity index (χ2v) is 9.72. The molecule has 0 bridgehead atoms. The smallest absolute Gasteiger partial charge is 0.346 e. The van der Waals surface area contributed by atoms with Crippen LogP contribution in [0, 0.1) is 11.3 Å². The molecular formula is C28H29F2N5O3. The topological polar surface area (TPSA) is 103 Å². The van der Waals surface area contributed by atoms with E-state index >= 15 is 8.78 Å². The third kappa shape index (κ3) is 4.53. The predicted molar refractivity (Wildman–Crippen MR) is 139 cm³/mol. The zero-order chi connectivity index (χ0) is 27.0. The Morgan fingerprint density at radius 3 is 2.61 bits per heavy atom. The molecule has 0 amide bonds. The van der Waals surface area contributed by atoms with Gasteiger partial charge in [-0.3, -0.25) is 14.8 Å². The van der Waals surface area contributed by atoms with Crippen LogP contribution in [0.5, 0.6) is 5.75 Å². The van der Waals surface area contributed by atoms with E-state index in [9.17, 15) is 4.79 Å². The number of fused-ring (bicyclic) bond motifs is 3. The monoisotopic (exact) mass is 521 g/mol. The lowest BCUT2D eigenvalue weighted by atomic mass is 9.89. The molecule has 0 radical (unpaired) electrons. The maximum absolute atomic E-state index is 16.0. The summed E-state index contributed by atoms with van der Waals surface area (Å²) in [7, 11) is 1.48. The van der Waals surface area contributed by atoms with Crippen LogP contribution in [0.3, 0.4) is 0 Å². The lowest BCUT2D eigenvalue weighted by Gasteiger charge is -2.25. The van der Waals surface area contributed by atoms with Crippen LogP contribution >= 0.6 is 0 Å². The van der Waals surface area contributed by atoms with Gasteiger partial charge in [-0.05, 0) is 56.9 Å². The minimum absolute atomic E-state index is 0.131. The highest BCUT2D eigenvalue weighted by molar-refractivity contribution is 6.09. The Bertz CT molecular complexity index is 1500. The molecule has 0 aliphatic carbocycles. The number of benzene rings is 1. The number of carbonyl (C=O) groups is 1. The summed E-state index contributed by atoms with van der Waals surface area (Å²) in [5.41, 5.74) is 1.66. The molecule has 0 spiro atoms. The summed E-state index contributed by atoms with van der Waals surface area (Å²) in [6, 6.07) is 7.84. The number of nitrogens with one attached hydrogen (secondary N) is 1. The van der Waals surface area contributed by atoms with E-state index in [1.54, 1.807) is 29.7 Å². The average molecular weight is 522 g/mol. The zero-order valence-corrected chi connectivity index (χ0v) is 21.5. The summed E-state index contributed by atoms with van der Waals surface area (Å²) in [6.45, 7) is 4.49. The quantitative estimate of drug-likeness (QED) is 0.317. The van der Waals surface area contributed by atoms with Gasteiger partial charge in [0.05, 0.1) is 30.3 Å². The highest BCUT2D eigenvalue weighted by atomic mass is 19.3. The molecule has 1 atom stereocenters. The first-order valence-corrected chi connectivity index (χ1v) is 12.5. The molecule has 1 aromatic carbocycles. The number of Topliss-reactive ketones (excluding diaryl/α,β-unsaturated/α-hetero) is 1. The molecule has 1 N–H and O–H groups in total. The van der Waals surface area contributed by atoms with Crippen LogP contribution in [-0.2, 0) is 22.0 Å². The minimum atomic E-state index is -3.45. The molecule has 4 heterocycles. The van der Waals surface area contributed by atoms with Crippen molar-refractivity contribution in [2.75, 3.05) is 20.3 Å². The van der Waals surface area contributed by atoms with Crippen molar-refractivity contribution in [3.63, 3.8) is 0 Å². The molecule has 1 aliphatic heterocycles. The molecule has 38 heavy (non-hydrogen) atoms. The van der Waals surface area contributed by atoms with Gasteiger partial charge in [-0.15, -0.1) is 0 Å². The number of aromatic nitrogens is 4. The fourth-order valence-electron chi connectivity index (χ4n) is 5.28. The minimum Gasteiger partial charge on any atom is -0.496 e. The highest BCUT2D eigenvalue weighted by Crippen LogP contribution is 2.40. The summed E-state index contributed by atoms with van der Waals surface area (Å²) in [4.78, 5) is 25.2. The summed E-state index contributed by atoms with van der Waals surface area (Å²) in [6.07, 6.45) is 4.33. The van der Waals surface area contributed by atoms with E-state index in [0.29, 0.717) is 53.0 Å². The third-order valence-corrected chi connectivity index (χ3v) is 7.12. The van der Waals surface area contributed by atoms with Crippen LogP contribution in [0.15, 0.2) is 42.7 Å². The van der Waals surface area contributed by atoms with Gasteiger partial charge in [0, 0.05) is 42.6 Å². The molecule has 1 fully saturated rings. The number of hydrogen-bond acceptors (Lipinski definition) is 7. The number of hydrogen-bond donors (Lipinski definition) is 1. The Morgan fingerprint density at radius 2 is 1.97 bits per heavy atom. The standard InChI is InChI=1S/C28H29F2N5O3/c1-16(31)25(17(2)36)20-12-21-19(13-23(20)37-3)26-22(14-33-21)34-27(28(29,30)24-6-4-5-9-32-24)35(26)15-18-7-10-38-11-8-18/h4-6,9,12-14,18,25,31H,7-8,10-11,15H2,1-3H3. The van der Waals surface area contributed by atoms with Gasteiger partial charge in [0.2, 0.25) is 0 Å². The Balaban J connectivity index is 1.78. The number of imidazole rings is 1. The van der Waals surface area contributed by atoms with Crippen molar-refractivity contribution in [3.05, 3.63) is 59.8 Å². The van der Waals surface area contributed by atoms with E-state index in [4.69, 9.17) is 14.9 Å². The summed E-state index contributed by atoms with van der Waals surface area (Å²) in [5, 5.41) is 8.73. The summed E-state index contributed by atoms with van der Waals surface area (Å²) in [5.74, 6) is -4.31. The van der Waals surface area contributed by atoms with E-state index in [-0.39, 0.29) is 23.1 Å². The normalized spacial score (nSPS) is 15.6. The maximum Gasteiger partial charge on any atom is 0.346 e. The SMILES string of the molecule is COc1cc2c(cc1C(C(C)=N)C(C)=O)ncc1nc(C(F)(F)c3ccccn3)n(CC3CCOCC3)c12. The van der Waals surface area contributed by atoms with E-state index in [1.165, 1.54) is 38.6 Å². The van der Waals surface area contributed by atoms with Gasteiger partial charge in [-0.2, -0.15) is 8.78 Å². The van der Waals surface area contributed by atoms with Crippen LogP contribution in [0.2, 0.25) is 0 Å². The molecule has 198 valence electrons. The Kier molecular flexibility index (Phi) is 6.92. The van der Waals surface area contributed by atoms with E-state index in [2.05, 4.69) is 15.0 Å². The maximum atomic E-state index is 16.0. The van der Waals surface area contributed by atoms with Crippen molar-refractivity contribution in [2.45, 2.75) is 45.1 Å². The molecule has 4 aromatic rings. The van der Waals surface area contributed by atoms with Gasteiger partial charge in [0.25, 0.3) is 0 Å². The van der Waals surface area contributed by atoms with E-state index in [0.717, 1.165) is 12.8 Å². The van der Waals surface area contributed by atoms with Crippen molar-refractivity contribution in [1.29, 1.82) is 5.41 Å². The third-order valence-electron chi connectivity index (χ3n) is 7.12. The fourth-order valence-corrected chi connectivity index (χ4v) is 5.28. The molecule has 10 heteroatoms. The van der Waals surface area contributed by atoms with Crippen LogP contribution in [-0.4, -0.2) is 51.3 Å². The Morgan fingerprint density at radius 1 is 1.21 bits per heavy atom. The average Bonchev–Trinajstić information content (AvgIpc) is 3.28. The van der Waals surface area contributed by atoms with Crippen molar-refractivity contribution in [1.82, 2.24) is 19.5 Å². The van der Waals surface area contributed by atoms with Crippen LogP contribution in [0.1, 0.15) is 49.7 Å². The van der Waals surface area contributed by atoms with E-state index < -0.39 is 17.7 Å². The van der Waals surface area contributed by atoms with Gasteiger partial charge in [-0.25, -0.2) is 4.98 Å². The first kappa shape index (κ1) is 25.8. The molecule has 1 saturated heterocycles. The van der Waals surface area contributed by atoms with Crippen LogP contribution in [0.25, 0.3) is 21.9 Å². The lowest BCUT2D eigenvalue weighted by molar-refractivity contribution is -0.117. The van der Waals surface area contributed by atoms with Crippen LogP contribution in [0.4, 0.5) is 8.78 Å². The molecular weight excluding hydrogens is 492 g/mol. The van der Waals surface area contributed by atoms with Crippen molar-refractivity contribution >= 4 is 33.4 Å². The largest absolute Gasteiger partial charge is 0.496 e. The van der Waals surface area contributed by atoms with Crippen molar-refractivity contribution in [3.8, 4) is 5.75 Å². The van der Waals surface area contributed by atoms with Gasteiger partial charge in [0.15, 0.2) is 5.82 Å². The Hall–Kier alpha value is -3.79. The molecule has 3 aromatic heterocycles. The van der Waals surface area contributed by atoms with Gasteiger partial charge < -0.3 is 19.5 Å². The zero-order valence-electron chi connectivity index (χ0n) is 21.5. The predicted octanol–water partition coefficient (Wildman–Crippen LogP) is 5.27. The number of rotatable bonds is 8. The number of pyridine rings is 2. The number of ketones is 1. The van der Waals surface area contributed by atoms with Crippen molar-refractivity contribution < 1.29 is 23.0 Å². The molecule has 1 aliphatic rings. The number of methoxy groups -OCH3 is 1. The summed E-state index contributed by atoms with van der Waals surface area (Å²) >= 11 is 0. The molecule has 1 unspecified atom stereocenters. The van der Waals surface area contributed by atoms with Gasteiger partial charge in [-0.1, -0.05) is 6.07 Å². The number of alkyl halides is 2. The van der Waals surface area contributed by atoms with Crippen molar-refractivity contribution in [2.24, 2.45) is 5.92 Å². The number of ether oxygens (including phenoxy) is 2. The first-order valence-electron chi connectivity index (χ1n) is 12.5. The second kappa shape index (κ2) is 10.2. The van der Waals surface area contributed by atoms with E-state index in [1.807, 2.05) is 0 Å².